The molecule has 1 N–H and O–H groups in total. The van der Waals surface area contributed by atoms with Gasteiger partial charge in [0.1, 0.15) is 0 Å². The standard InChI is InChI=1S/C20H38N4O.HI/c1-4-21-19(24-10-9-20(16-24)7-5-6-8-20)22-15-18(17(2)3)23-11-13-25-14-12-23;/h17-18H,4-16H2,1-3H3,(H,21,22);1H. The first-order chi connectivity index (χ1) is 12.1. The second kappa shape index (κ2) is 10.5. The van der Waals surface area contributed by atoms with E-state index < -0.39 is 0 Å². The summed E-state index contributed by atoms with van der Waals surface area (Å²) in [5.74, 6) is 1.76. The van der Waals surface area contributed by atoms with Gasteiger partial charge in [0.25, 0.3) is 0 Å². The summed E-state index contributed by atoms with van der Waals surface area (Å²) in [6.45, 7) is 14.9. The molecule has 0 amide bonds. The van der Waals surface area contributed by atoms with Crippen LogP contribution in [0.15, 0.2) is 4.99 Å². The van der Waals surface area contributed by atoms with Crippen molar-refractivity contribution < 1.29 is 4.74 Å². The Hall–Kier alpha value is -0.0800. The summed E-state index contributed by atoms with van der Waals surface area (Å²) in [6.07, 6.45) is 7.05. The van der Waals surface area contributed by atoms with Gasteiger partial charge >= 0.3 is 0 Å². The van der Waals surface area contributed by atoms with Gasteiger partial charge in [-0.1, -0.05) is 26.7 Å². The zero-order chi connectivity index (χ0) is 17.7. The Labute approximate surface area is 177 Å². The summed E-state index contributed by atoms with van der Waals surface area (Å²) in [5, 5.41) is 3.56. The summed E-state index contributed by atoms with van der Waals surface area (Å²) in [5.41, 5.74) is 0.595. The van der Waals surface area contributed by atoms with Crippen LogP contribution in [0, 0.1) is 11.3 Å². The summed E-state index contributed by atoms with van der Waals surface area (Å²) < 4.78 is 5.53. The minimum atomic E-state index is 0. The average Bonchev–Trinajstić information content (AvgIpc) is 3.25. The lowest BCUT2D eigenvalue weighted by atomic mass is 9.86. The van der Waals surface area contributed by atoms with E-state index in [0.717, 1.165) is 45.4 Å². The zero-order valence-corrected chi connectivity index (χ0v) is 19.3. The number of halogens is 1. The van der Waals surface area contributed by atoms with Crippen molar-refractivity contribution in [1.82, 2.24) is 15.1 Å². The normalized spacial score (nSPS) is 24.9. The van der Waals surface area contributed by atoms with E-state index in [4.69, 9.17) is 9.73 Å². The monoisotopic (exact) mass is 478 g/mol. The van der Waals surface area contributed by atoms with Gasteiger partial charge in [-0.2, -0.15) is 0 Å². The van der Waals surface area contributed by atoms with Gasteiger partial charge in [0, 0.05) is 38.8 Å². The Bertz CT molecular complexity index is 445. The highest BCUT2D eigenvalue weighted by atomic mass is 127. The van der Waals surface area contributed by atoms with Crippen LogP contribution in [0.2, 0.25) is 0 Å². The Morgan fingerprint density at radius 1 is 1.12 bits per heavy atom. The molecule has 5 nitrogen and oxygen atoms in total. The van der Waals surface area contributed by atoms with Crippen molar-refractivity contribution in [2.75, 3.05) is 52.5 Å². The van der Waals surface area contributed by atoms with Crippen LogP contribution < -0.4 is 5.32 Å². The predicted octanol–water partition coefficient (Wildman–Crippen LogP) is 3.19. The van der Waals surface area contributed by atoms with E-state index in [2.05, 4.69) is 35.9 Å². The maximum Gasteiger partial charge on any atom is 0.193 e. The highest BCUT2D eigenvalue weighted by molar-refractivity contribution is 14.0. The van der Waals surface area contributed by atoms with Crippen molar-refractivity contribution in [3.8, 4) is 0 Å². The lowest BCUT2D eigenvalue weighted by Crippen LogP contribution is -2.48. The number of morpholine rings is 1. The molecule has 0 aromatic heterocycles. The van der Waals surface area contributed by atoms with E-state index in [-0.39, 0.29) is 24.0 Å². The molecular weight excluding hydrogens is 439 g/mol. The van der Waals surface area contributed by atoms with Crippen LogP contribution in [0.1, 0.15) is 52.9 Å². The molecule has 1 aliphatic carbocycles. The summed E-state index contributed by atoms with van der Waals surface area (Å²) in [6, 6.07) is 0.514. The van der Waals surface area contributed by atoms with Crippen LogP contribution in [0.5, 0.6) is 0 Å². The molecule has 3 aliphatic rings. The van der Waals surface area contributed by atoms with Crippen molar-refractivity contribution >= 4 is 29.9 Å². The van der Waals surface area contributed by atoms with E-state index in [1.165, 1.54) is 45.2 Å². The van der Waals surface area contributed by atoms with E-state index >= 15 is 0 Å². The number of likely N-dealkylation sites (tertiary alicyclic amines) is 1. The van der Waals surface area contributed by atoms with Crippen LogP contribution in [0.4, 0.5) is 0 Å². The molecule has 1 atom stereocenters. The molecule has 26 heavy (non-hydrogen) atoms. The van der Waals surface area contributed by atoms with E-state index in [1.54, 1.807) is 0 Å². The van der Waals surface area contributed by atoms with Gasteiger partial charge in [-0.3, -0.25) is 9.89 Å². The van der Waals surface area contributed by atoms with Crippen LogP contribution in [0.3, 0.4) is 0 Å². The molecule has 152 valence electrons. The molecule has 2 saturated heterocycles. The molecule has 2 heterocycles. The van der Waals surface area contributed by atoms with Crippen LogP contribution in [-0.2, 0) is 4.74 Å². The van der Waals surface area contributed by atoms with Gasteiger partial charge in [0.05, 0.1) is 19.8 Å². The lowest BCUT2D eigenvalue weighted by Gasteiger charge is -2.36. The van der Waals surface area contributed by atoms with Gasteiger partial charge in [-0.05, 0) is 37.5 Å². The zero-order valence-electron chi connectivity index (χ0n) is 17.0. The number of hydrogen-bond acceptors (Lipinski definition) is 3. The third-order valence-corrected chi connectivity index (χ3v) is 6.45. The highest BCUT2D eigenvalue weighted by Gasteiger charge is 2.41. The smallest absolute Gasteiger partial charge is 0.193 e. The number of aliphatic imine (C=N–C) groups is 1. The number of nitrogens with one attached hydrogen (secondary N) is 1. The molecule has 2 aliphatic heterocycles. The fourth-order valence-corrected chi connectivity index (χ4v) is 4.91. The molecule has 3 fully saturated rings. The maximum absolute atomic E-state index is 5.53. The van der Waals surface area contributed by atoms with Crippen molar-refractivity contribution in [3.05, 3.63) is 0 Å². The van der Waals surface area contributed by atoms with E-state index in [0.29, 0.717) is 17.4 Å². The molecule has 0 radical (unpaired) electrons. The number of nitrogens with zero attached hydrogens (tertiary/aromatic N) is 3. The lowest BCUT2D eigenvalue weighted by molar-refractivity contribution is 0.00863. The van der Waals surface area contributed by atoms with E-state index in [1.807, 2.05) is 0 Å². The molecule has 1 unspecified atom stereocenters. The summed E-state index contributed by atoms with van der Waals surface area (Å²) >= 11 is 0. The van der Waals surface area contributed by atoms with Crippen LogP contribution in [0.25, 0.3) is 0 Å². The third kappa shape index (κ3) is 5.47. The van der Waals surface area contributed by atoms with Gasteiger partial charge in [0.15, 0.2) is 5.96 Å². The molecule has 0 aromatic carbocycles. The van der Waals surface area contributed by atoms with E-state index in [9.17, 15) is 0 Å². The Morgan fingerprint density at radius 3 is 2.42 bits per heavy atom. The molecule has 3 rings (SSSR count). The van der Waals surface area contributed by atoms with Crippen molar-refractivity contribution in [2.24, 2.45) is 16.3 Å². The summed E-state index contributed by atoms with van der Waals surface area (Å²) in [7, 11) is 0. The van der Waals surface area contributed by atoms with Crippen molar-refractivity contribution in [1.29, 1.82) is 0 Å². The average molecular weight is 478 g/mol. The quantitative estimate of drug-likeness (QED) is 0.375. The molecular formula is C20H39IN4O. The Morgan fingerprint density at radius 2 is 1.81 bits per heavy atom. The molecule has 0 aromatic rings. The summed E-state index contributed by atoms with van der Waals surface area (Å²) in [4.78, 5) is 10.2. The van der Waals surface area contributed by atoms with Gasteiger partial charge in [-0.25, -0.2) is 0 Å². The molecule has 1 saturated carbocycles. The second-order valence-electron chi connectivity index (χ2n) is 8.53. The topological polar surface area (TPSA) is 40.1 Å². The highest BCUT2D eigenvalue weighted by Crippen LogP contribution is 2.45. The minimum Gasteiger partial charge on any atom is -0.379 e. The molecule has 1 spiro atoms. The number of ether oxygens (including phenoxy) is 1. The Kier molecular flexibility index (Phi) is 8.94. The fraction of sp³-hybridized carbons (Fsp3) is 0.950. The molecule has 6 heteroatoms. The van der Waals surface area contributed by atoms with Crippen molar-refractivity contribution in [2.45, 2.75) is 58.9 Å². The third-order valence-electron chi connectivity index (χ3n) is 6.45. The fourth-order valence-electron chi connectivity index (χ4n) is 4.91. The predicted molar refractivity (Wildman–Crippen MR) is 120 cm³/mol. The first kappa shape index (κ1) is 22.2. The first-order valence-corrected chi connectivity index (χ1v) is 10.5. The van der Waals surface area contributed by atoms with Crippen LogP contribution >= 0.6 is 24.0 Å². The van der Waals surface area contributed by atoms with Gasteiger partial charge in [0.2, 0.25) is 0 Å². The Balaban J connectivity index is 0.00000243. The second-order valence-corrected chi connectivity index (χ2v) is 8.53. The SMILES string of the molecule is CCNC(=NCC(C(C)C)N1CCOCC1)N1CCC2(CCCC2)C1.I. The first-order valence-electron chi connectivity index (χ1n) is 10.5. The van der Waals surface area contributed by atoms with Gasteiger partial charge < -0.3 is 15.0 Å². The largest absolute Gasteiger partial charge is 0.379 e. The van der Waals surface area contributed by atoms with Gasteiger partial charge in [-0.15, -0.1) is 24.0 Å². The number of hydrogen-bond donors (Lipinski definition) is 1. The minimum absolute atomic E-state index is 0. The molecule has 0 bridgehead atoms. The van der Waals surface area contributed by atoms with Crippen LogP contribution in [-0.4, -0.2) is 74.3 Å². The number of guanidine groups is 1. The maximum atomic E-state index is 5.53. The van der Waals surface area contributed by atoms with Crippen molar-refractivity contribution in [3.63, 3.8) is 0 Å². The number of rotatable bonds is 5.